The maximum atomic E-state index is 5.65. The van der Waals surface area contributed by atoms with E-state index in [9.17, 15) is 0 Å². The van der Waals surface area contributed by atoms with Crippen molar-refractivity contribution in [2.75, 3.05) is 6.61 Å². The molecule has 0 saturated heterocycles. The van der Waals surface area contributed by atoms with E-state index in [1.807, 2.05) is 19.1 Å². The summed E-state index contributed by atoms with van der Waals surface area (Å²) in [5.41, 5.74) is 2.38. The summed E-state index contributed by atoms with van der Waals surface area (Å²) >= 11 is 1.69. The molecule has 0 bridgehead atoms. The summed E-state index contributed by atoms with van der Waals surface area (Å²) in [6, 6.07) is 8.31. The molecule has 2 aromatic rings. The molecule has 0 aliphatic carbocycles. The predicted octanol–water partition coefficient (Wildman–Crippen LogP) is 3.92. The molecule has 0 aliphatic rings. The van der Waals surface area contributed by atoms with Crippen molar-refractivity contribution in [3.8, 4) is 5.75 Å². The van der Waals surface area contributed by atoms with E-state index in [4.69, 9.17) is 4.74 Å². The number of benzene rings is 1. The van der Waals surface area contributed by atoms with Gasteiger partial charge in [0.15, 0.2) is 0 Å². The van der Waals surface area contributed by atoms with E-state index < -0.39 is 0 Å². The monoisotopic (exact) mass is 290 g/mol. The molecule has 0 spiro atoms. The van der Waals surface area contributed by atoms with Crippen molar-refractivity contribution in [2.45, 2.75) is 39.8 Å². The van der Waals surface area contributed by atoms with Crippen molar-refractivity contribution in [1.29, 1.82) is 0 Å². The first-order chi connectivity index (χ1) is 9.78. The lowest BCUT2D eigenvalue weighted by atomic mass is 10.2. The van der Waals surface area contributed by atoms with Crippen molar-refractivity contribution < 1.29 is 4.74 Å². The van der Waals surface area contributed by atoms with Gasteiger partial charge in [0.2, 0.25) is 0 Å². The second kappa shape index (κ2) is 8.02. The van der Waals surface area contributed by atoms with Gasteiger partial charge in [-0.05, 0) is 31.0 Å². The molecule has 0 fully saturated rings. The van der Waals surface area contributed by atoms with E-state index in [0.29, 0.717) is 0 Å². The second-order valence-electron chi connectivity index (χ2n) is 4.81. The molecule has 20 heavy (non-hydrogen) atoms. The number of nitrogens with zero attached hydrogens (tertiary/aromatic N) is 1. The van der Waals surface area contributed by atoms with E-state index in [-0.39, 0.29) is 0 Å². The molecule has 0 radical (unpaired) electrons. The van der Waals surface area contributed by atoms with Gasteiger partial charge in [0.1, 0.15) is 5.75 Å². The molecule has 1 aromatic heterocycles. The molecule has 2 rings (SSSR count). The van der Waals surface area contributed by atoms with Gasteiger partial charge in [-0.1, -0.05) is 25.5 Å². The number of nitrogens with one attached hydrogen (secondary N) is 1. The maximum Gasteiger partial charge on any atom is 0.119 e. The number of hydrogen-bond donors (Lipinski definition) is 1. The third-order valence-corrected chi connectivity index (χ3v) is 3.81. The maximum absolute atomic E-state index is 5.65. The second-order valence-corrected chi connectivity index (χ2v) is 5.87. The fourth-order valence-electron chi connectivity index (χ4n) is 1.86. The van der Waals surface area contributed by atoms with E-state index >= 15 is 0 Å². The lowest BCUT2D eigenvalue weighted by molar-refractivity contribution is 0.309. The number of ether oxygens (including phenoxy) is 1. The zero-order valence-corrected chi connectivity index (χ0v) is 13.0. The summed E-state index contributed by atoms with van der Waals surface area (Å²) in [7, 11) is 0. The van der Waals surface area contributed by atoms with E-state index in [1.54, 1.807) is 11.3 Å². The van der Waals surface area contributed by atoms with Crippen LogP contribution in [-0.4, -0.2) is 11.6 Å². The number of unbranched alkanes of at least 4 members (excludes halogenated alkanes) is 1. The van der Waals surface area contributed by atoms with Crippen molar-refractivity contribution in [2.24, 2.45) is 0 Å². The van der Waals surface area contributed by atoms with Crippen LogP contribution in [0.5, 0.6) is 5.75 Å². The van der Waals surface area contributed by atoms with Gasteiger partial charge in [0, 0.05) is 18.5 Å². The summed E-state index contributed by atoms with van der Waals surface area (Å²) in [5.74, 6) is 0.956. The van der Waals surface area contributed by atoms with Gasteiger partial charge in [-0.25, -0.2) is 4.98 Å². The molecule has 1 N–H and O–H groups in total. The summed E-state index contributed by atoms with van der Waals surface area (Å²) < 4.78 is 5.65. The minimum absolute atomic E-state index is 0.803. The van der Waals surface area contributed by atoms with Crippen LogP contribution < -0.4 is 10.1 Å². The van der Waals surface area contributed by atoms with Crippen LogP contribution in [0.1, 0.15) is 36.0 Å². The largest absolute Gasteiger partial charge is 0.494 e. The number of hydrogen-bond acceptors (Lipinski definition) is 4. The highest BCUT2D eigenvalue weighted by atomic mass is 32.1. The Hall–Kier alpha value is -1.39. The molecule has 0 saturated carbocycles. The fourth-order valence-corrected chi connectivity index (χ4v) is 2.47. The average molecular weight is 290 g/mol. The molecule has 4 heteroatoms. The van der Waals surface area contributed by atoms with Gasteiger partial charge in [-0.2, -0.15) is 0 Å². The Morgan fingerprint density at radius 1 is 1.20 bits per heavy atom. The third-order valence-electron chi connectivity index (χ3n) is 2.99. The highest BCUT2D eigenvalue weighted by Crippen LogP contribution is 2.13. The van der Waals surface area contributed by atoms with Crippen LogP contribution in [-0.2, 0) is 13.1 Å². The summed E-state index contributed by atoms with van der Waals surface area (Å²) in [6.45, 7) is 6.68. The standard InChI is InChI=1S/C16H22N2OS/c1-3-4-9-19-16-7-5-14(6-8-16)10-17-11-15-12-20-13(2)18-15/h5-8,12,17H,3-4,9-11H2,1-2H3. The van der Waals surface area contributed by atoms with Crippen LogP contribution in [0.3, 0.4) is 0 Å². The van der Waals surface area contributed by atoms with Crippen molar-refractivity contribution >= 4 is 11.3 Å². The van der Waals surface area contributed by atoms with Crippen LogP contribution in [0.2, 0.25) is 0 Å². The van der Waals surface area contributed by atoms with Gasteiger partial charge in [-0.15, -0.1) is 11.3 Å². The minimum Gasteiger partial charge on any atom is -0.494 e. The van der Waals surface area contributed by atoms with E-state index in [0.717, 1.165) is 49.0 Å². The Labute approximate surface area is 125 Å². The summed E-state index contributed by atoms with van der Waals surface area (Å²) in [5, 5.41) is 6.63. The Morgan fingerprint density at radius 2 is 2.00 bits per heavy atom. The SMILES string of the molecule is CCCCOc1ccc(CNCc2csc(C)n2)cc1. The Bertz CT molecular complexity index is 507. The molecular formula is C16H22N2OS. The van der Waals surface area contributed by atoms with Gasteiger partial charge in [0.05, 0.1) is 17.3 Å². The zero-order valence-electron chi connectivity index (χ0n) is 12.2. The summed E-state index contributed by atoms with van der Waals surface area (Å²) in [4.78, 5) is 4.43. The summed E-state index contributed by atoms with van der Waals surface area (Å²) in [6.07, 6.45) is 2.27. The number of aromatic nitrogens is 1. The van der Waals surface area contributed by atoms with Gasteiger partial charge >= 0.3 is 0 Å². The quantitative estimate of drug-likeness (QED) is 0.748. The third kappa shape index (κ3) is 4.94. The van der Waals surface area contributed by atoms with Crippen LogP contribution in [0.4, 0.5) is 0 Å². The molecule has 3 nitrogen and oxygen atoms in total. The Balaban J connectivity index is 1.73. The molecule has 0 amide bonds. The number of thiazole rings is 1. The molecular weight excluding hydrogens is 268 g/mol. The van der Waals surface area contributed by atoms with Crippen molar-refractivity contribution in [1.82, 2.24) is 10.3 Å². The van der Waals surface area contributed by atoms with Crippen molar-refractivity contribution in [3.05, 3.63) is 45.9 Å². The molecule has 108 valence electrons. The van der Waals surface area contributed by atoms with Crippen LogP contribution >= 0.6 is 11.3 Å². The highest BCUT2D eigenvalue weighted by molar-refractivity contribution is 7.09. The normalized spacial score (nSPS) is 10.7. The van der Waals surface area contributed by atoms with Crippen LogP contribution in [0.15, 0.2) is 29.6 Å². The first-order valence-electron chi connectivity index (χ1n) is 7.11. The molecule has 1 aromatic carbocycles. The zero-order chi connectivity index (χ0) is 14.2. The first-order valence-corrected chi connectivity index (χ1v) is 7.99. The highest BCUT2D eigenvalue weighted by Gasteiger charge is 1.99. The smallest absolute Gasteiger partial charge is 0.119 e. The molecule has 0 atom stereocenters. The lowest BCUT2D eigenvalue weighted by Gasteiger charge is -2.07. The molecule has 0 unspecified atom stereocenters. The lowest BCUT2D eigenvalue weighted by Crippen LogP contribution is -2.12. The Morgan fingerprint density at radius 3 is 2.65 bits per heavy atom. The van der Waals surface area contributed by atoms with Crippen LogP contribution in [0, 0.1) is 6.92 Å². The topological polar surface area (TPSA) is 34.1 Å². The van der Waals surface area contributed by atoms with E-state index in [1.165, 1.54) is 5.56 Å². The van der Waals surface area contributed by atoms with E-state index in [2.05, 4.69) is 34.7 Å². The van der Waals surface area contributed by atoms with Gasteiger partial charge in [-0.3, -0.25) is 0 Å². The fraction of sp³-hybridized carbons (Fsp3) is 0.438. The minimum atomic E-state index is 0.803. The predicted molar refractivity (Wildman–Crippen MR) is 84.2 cm³/mol. The number of rotatable bonds is 8. The van der Waals surface area contributed by atoms with Gasteiger partial charge in [0.25, 0.3) is 0 Å². The average Bonchev–Trinajstić information content (AvgIpc) is 2.87. The van der Waals surface area contributed by atoms with Crippen LogP contribution in [0.25, 0.3) is 0 Å². The molecule has 0 aliphatic heterocycles. The first kappa shape index (κ1) is 15.0. The molecule has 1 heterocycles. The van der Waals surface area contributed by atoms with Gasteiger partial charge < -0.3 is 10.1 Å². The number of aryl methyl sites for hydroxylation is 1. The Kier molecular flexibility index (Phi) is 6.02. The van der Waals surface area contributed by atoms with Crippen molar-refractivity contribution in [3.63, 3.8) is 0 Å².